The molecule has 1 fully saturated rings. The van der Waals surface area contributed by atoms with Crippen LogP contribution in [0.1, 0.15) is 30.0 Å². The highest BCUT2D eigenvalue weighted by Gasteiger charge is 2.36. The lowest BCUT2D eigenvalue weighted by atomic mass is 9.94. The van der Waals surface area contributed by atoms with Crippen molar-refractivity contribution >= 4 is 5.97 Å². The van der Waals surface area contributed by atoms with E-state index in [1.165, 1.54) is 22.3 Å². The molecule has 0 bridgehead atoms. The highest BCUT2D eigenvalue weighted by atomic mass is 16.4. The largest absolute Gasteiger partial charge is 0.481 e. The van der Waals surface area contributed by atoms with Gasteiger partial charge in [0, 0.05) is 6.54 Å². The molecule has 3 heteroatoms. The molecule has 4 rings (SSSR count). The highest BCUT2D eigenvalue weighted by Crippen LogP contribution is 2.46. The van der Waals surface area contributed by atoms with Crippen LogP contribution >= 0.6 is 0 Å². The van der Waals surface area contributed by atoms with E-state index in [0.29, 0.717) is 6.54 Å². The van der Waals surface area contributed by atoms with E-state index >= 15 is 0 Å². The number of aliphatic carboxylic acids is 1. The van der Waals surface area contributed by atoms with E-state index in [4.69, 9.17) is 0 Å². The van der Waals surface area contributed by atoms with E-state index in [0.717, 1.165) is 19.4 Å². The van der Waals surface area contributed by atoms with Gasteiger partial charge < -0.3 is 5.11 Å². The van der Waals surface area contributed by atoms with Crippen LogP contribution in [0.5, 0.6) is 0 Å². The summed E-state index contributed by atoms with van der Waals surface area (Å²) >= 11 is 0. The number of hydrogen-bond acceptors (Lipinski definition) is 2. The monoisotopic (exact) mass is 293 g/mol. The predicted octanol–water partition coefficient (Wildman–Crippen LogP) is 3.55. The number of rotatable bonds is 2. The van der Waals surface area contributed by atoms with Crippen molar-refractivity contribution in [1.82, 2.24) is 4.90 Å². The third kappa shape index (κ3) is 2.04. The first-order valence-electron chi connectivity index (χ1n) is 7.91. The second-order valence-corrected chi connectivity index (χ2v) is 6.25. The van der Waals surface area contributed by atoms with Crippen molar-refractivity contribution < 1.29 is 9.90 Å². The fraction of sp³-hybridized carbons (Fsp3) is 0.316. The summed E-state index contributed by atoms with van der Waals surface area (Å²) < 4.78 is 0. The summed E-state index contributed by atoms with van der Waals surface area (Å²) in [6.45, 7) is 1.61. The summed E-state index contributed by atoms with van der Waals surface area (Å²) in [5, 5.41) is 9.36. The maximum Gasteiger partial charge on any atom is 0.307 e. The minimum atomic E-state index is -0.663. The van der Waals surface area contributed by atoms with Crippen molar-refractivity contribution in [2.45, 2.75) is 18.9 Å². The number of carboxylic acids is 1. The summed E-state index contributed by atoms with van der Waals surface area (Å²) in [5.41, 5.74) is 5.21. The zero-order valence-electron chi connectivity index (χ0n) is 12.4. The lowest BCUT2D eigenvalue weighted by molar-refractivity contribution is -0.143. The van der Waals surface area contributed by atoms with Gasteiger partial charge in [0.05, 0.1) is 12.0 Å². The lowest BCUT2D eigenvalue weighted by Crippen LogP contribution is -2.40. The Labute approximate surface area is 130 Å². The van der Waals surface area contributed by atoms with Gasteiger partial charge in [-0.15, -0.1) is 0 Å². The minimum absolute atomic E-state index is 0.203. The number of carbonyl (C=O) groups is 1. The van der Waals surface area contributed by atoms with E-state index in [2.05, 4.69) is 53.4 Å². The van der Waals surface area contributed by atoms with Gasteiger partial charge in [-0.25, -0.2) is 0 Å². The van der Waals surface area contributed by atoms with Crippen molar-refractivity contribution in [2.75, 3.05) is 13.1 Å². The normalized spacial score (nSPS) is 21.4. The zero-order valence-corrected chi connectivity index (χ0v) is 12.4. The van der Waals surface area contributed by atoms with Crippen LogP contribution in [0.3, 0.4) is 0 Å². The maximum atomic E-state index is 11.4. The Morgan fingerprint density at radius 1 is 1.00 bits per heavy atom. The smallest absolute Gasteiger partial charge is 0.307 e. The van der Waals surface area contributed by atoms with Crippen molar-refractivity contribution in [1.29, 1.82) is 0 Å². The fourth-order valence-electron chi connectivity index (χ4n) is 3.96. The van der Waals surface area contributed by atoms with E-state index in [-0.39, 0.29) is 12.0 Å². The lowest BCUT2D eigenvalue weighted by Gasteiger charge is -2.36. The molecule has 1 saturated heterocycles. The molecule has 1 atom stereocenters. The molecule has 0 saturated carbocycles. The summed E-state index contributed by atoms with van der Waals surface area (Å²) in [6, 6.07) is 17.2. The van der Waals surface area contributed by atoms with Crippen LogP contribution in [0.2, 0.25) is 0 Å². The van der Waals surface area contributed by atoms with Gasteiger partial charge >= 0.3 is 5.97 Å². The van der Waals surface area contributed by atoms with Gasteiger partial charge in [-0.3, -0.25) is 9.69 Å². The molecule has 0 amide bonds. The van der Waals surface area contributed by atoms with Gasteiger partial charge in [0.15, 0.2) is 0 Å². The summed E-state index contributed by atoms with van der Waals surface area (Å²) in [5.74, 6) is -0.905. The Morgan fingerprint density at radius 3 is 2.18 bits per heavy atom. The third-order valence-electron chi connectivity index (χ3n) is 4.97. The Kier molecular flexibility index (Phi) is 3.23. The topological polar surface area (TPSA) is 40.5 Å². The summed E-state index contributed by atoms with van der Waals surface area (Å²) in [7, 11) is 0. The van der Waals surface area contributed by atoms with Gasteiger partial charge in [-0.2, -0.15) is 0 Å². The molecule has 2 aromatic rings. The molecular weight excluding hydrogens is 274 g/mol. The number of likely N-dealkylation sites (tertiary alicyclic amines) is 1. The van der Waals surface area contributed by atoms with Crippen LogP contribution in [0.15, 0.2) is 48.5 Å². The Bertz CT molecular complexity index is 679. The van der Waals surface area contributed by atoms with Gasteiger partial charge in [0.2, 0.25) is 0 Å². The van der Waals surface area contributed by atoms with Crippen molar-refractivity contribution in [3.05, 3.63) is 59.7 Å². The van der Waals surface area contributed by atoms with Crippen LogP contribution in [-0.2, 0) is 4.79 Å². The fourth-order valence-corrected chi connectivity index (χ4v) is 3.96. The molecule has 3 nitrogen and oxygen atoms in total. The molecular formula is C19H19NO2. The van der Waals surface area contributed by atoms with Crippen LogP contribution in [0.4, 0.5) is 0 Å². The molecule has 0 radical (unpaired) electrons. The van der Waals surface area contributed by atoms with Crippen molar-refractivity contribution in [2.24, 2.45) is 5.92 Å². The zero-order chi connectivity index (χ0) is 15.1. The number of carboxylic acid groups (broad SMARTS) is 1. The maximum absolute atomic E-state index is 11.4. The van der Waals surface area contributed by atoms with Gasteiger partial charge in [0.1, 0.15) is 0 Å². The third-order valence-corrected chi connectivity index (χ3v) is 4.97. The van der Waals surface area contributed by atoms with Crippen LogP contribution in [0.25, 0.3) is 11.1 Å². The number of fused-ring (bicyclic) bond motifs is 3. The van der Waals surface area contributed by atoms with E-state index in [1.54, 1.807) is 0 Å². The number of benzene rings is 2. The summed E-state index contributed by atoms with van der Waals surface area (Å²) in [6.07, 6.45) is 1.75. The molecule has 0 spiro atoms. The first-order chi connectivity index (χ1) is 10.8. The molecule has 1 aliphatic carbocycles. The molecule has 1 heterocycles. The van der Waals surface area contributed by atoms with E-state index < -0.39 is 5.97 Å². The number of hydrogen-bond donors (Lipinski definition) is 1. The predicted molar refractivity (Wildman–Crippen MR) is 85.7 cm³/mol. The molecule has 1 N–H and O–H groups in total. The molecule has 2 aliphatic rings. The Hall–Kier alpha value is -2.13. The van der Waals surface area contributed by atoms with Gasteiger partial charge in [-0.1, -0.05) is 48.5 Å². The standard InChI is InChI=1S/C19H19NO2/c21-19(22)13-6-5-11-20(12-13)18-16-9-3-1-7-14(16)15-8-2-4-10-17(15)18/h1-4,7-10,13,18H,5-6,11-12H2,(H,21,22). The van der Waals surface area contributed by atoms with Crippen LogP contribution in [-0.4, -0.2) is 29.1 Å². The Morgan fingerprint density at radius 2 is 1.59 bits per heavy atom. The van der Waals surface area contributed by atoms with Crippen LogP contribution in [0, 0.1) is 5.92 Å². The minimum Gasteiger partial charge on any atom is -0.481 e. The molecule has 1 unspecified atom stereocenters. The molecule has 1 aliphatic heterocycles. The number of piperidine rings is 1. The second kappa shape index (κ2) is 5.25. The van der Waals surface area contributed by atoms with Gasteiger partial charge in [0.25, 0.3) is 0 Å². The number of nitrogens with zero attached hydrogens (tertiary/aromatic N) is 1. The Balaban J connectivity index is 1.77. The molecule has 22 heavy (non-hydrogen) atoms. The van der Waals surface area contributed by atoms with Crippen molar-refractivity contribution in [3.63, 3.8) is 0 Å². The average Bonchev–Trinajstić information content (AvgIpc) is 2.89. The van der Waals surface area contributed by atoms with Crippen molar-refractivity contribution in [3.8, 4) is 11.1 Å². The molecule has 0 aromatic heterocycles. The van der Waals surface area contributed by atoms with Gasteiger partial charge in [-0.05, 0) is 41.6 Å². The first kappa shape index (κ1) is 13.5. The quantitative estimate of drug-likeness (QED) is 0.920. The van der Waals surface area contributed by atoms with E-state index in [1.807, 2.05) is 0 Å². The van der Waals surface area contributed by atoms with E-state index in [9.17, 15) is 9.90 Å². The SMILES string of the molecule is O=C(O)C1CCCN(C2c3ccccc3-c3ccccc32)C1. The highest BCUT2D eigenvalue weighted by molar-refractivity contribution is 5.78. The van der Waals surface area contributed by atoms with Crippen LogP contribution < -0.4 is 0 Å². The molecule has 2 aromatic carbocycles. The first-order valence-corrected chi connectivity index (χ1v) is 7.91. The second-order valence-electron chi connectivity index (χ2n) is 6.25. The average molecular weight is 293 g/mol. The molecule has 112 valence electrons. The summed E-state index contributed by atoms with van der Waals surface area (Å²) in [4.78, 5) is 13.7.